The van der Waals surface area contributed by atoms with E-state index < -0.39 is 29.7 Å². The molecule has 0 saturated carbocycles. The van der Waals surface area contributed by atoms with E-state index in [-0.39, 0.29) is 19.0 Å². The van der Waals surface area contributed by atoms with Crippen LogP contribution < -0.4 is 10.1 Å². The van der Waals surface area contributed by atoms with Crippen molar-refractivity contribution in [2.45, 2.75) is 39.0 Å². The Morgan fingerprint density at radius 3 is 2.54 bits per heavy atom. The van der Waals surface area contributed by atoms with Crippen molar-refractivity contribution >= 4 is 29.1 Å². The van der Waals surface area contributed by atoms with Crippen molar-refractivity contribution in [3.63, 3.8) is 0 Å². The second kappa shape index (κ2) is 10.5. The summed E-state index contributed by atoms with van der Waals surface area (Å²) in [5.74, 6) is -2.83. The van der Waals surface area contributed by atoms with Gasteiger partial charge in [-0.25, -0.2) is 4.79 Å². The first-order valence-electron chi connectivity index (χ1n) is 11.7. The molecule has 35 heavy (non-hydrogen) atoms. The standard InChI is InChI=1S/C27H29NO6S/c1-5-33-26(30)21-15(3)28-20-13-19(16-8-7-9-18(12-16)32-4)23(27(31)34-6-2)25(29)24(20)22(21)17-10-11-35-14-17/h7-12,14,19,22-23,28H,5-6,13H2,1-4H3/t19-,22+,23+/m0/s1. The van der Waals surface area contributed by atoms with Crippen LogP contribution in [0.5, 0.6) is 5.75 Å². The summed E-state index contributed by atoms with van der Waals surface area (Å²) < 4.78 is 16.1. The predicted octanol–water partition coefficient (Wildman–Crippen LogP) is 4.47. The van der Waals surface area contributed by atoms with E-state index in [0.717, 1.165) is 11.1 Å². The van der Waals surface area contributed by atoms with Crippen molar-refractivity contribution in [3.05, 3.63) is 74.8 Å². The molecule has 3 atom stereocenters. The summed E-state index contributed by atoms with van der Waals surface area (Å²) in [6.07, 6.45) is 0.409. The molecule has 0 unspecified atom stereocenters. The maximum absolute atomic E-state index is 14.2. The van der Waals surface area contributed by atoms with Crippen molar-refractivity contribution in [1.29, 1.82) is 0 Å². The van der Waals surface area contributed by atoms with Crippen LogP contribution in [0.3, 0.4) is 0 Å². The van der Waals surface area contributed by atoms with Gasteiger partial charge >= 0.3 is 11.9 Å². The van der Waals surface area contributed by atoms with Gasteiger partial charge in [0, 0.05) is 28.8 Å². The fourth-order valence-corrected chi connectivity index (χ4v) is 5.66. The molecule has 7 nitrogen and oxygen atoms in total. The number of esters is 2. The third-order valence-electron chi connectivity index (χ3n) is 6.45. The topological polar surface area (TPSA) is 90.9 Å². The highest BCUT2D eigenvalue weighted by Crippen LogP contribution is 2.48. The van der Waals surface area contributed by atoms with Gasteiger partial charge in [0.25, 0.3) is 0 Å². The number of ketones is 1. The number of nitrogens with one attached hydrogen (secondary N) is 1. The van der Waals surface area contributed by atoms with Crippen LogP contribution in [-0.2, 0) is 23.9 Å². The second-order valence-corrected chi connectivity index (χ2v) is 9.23. The number of methoxy groups -OCH3 is 1. The van der Waals surface area contributed by atoms with Crippen molar-refractivity contribution in [2.75, 3.05) is 20.3 Å². The third-order valence-corrected chi connectivity index (χ3v) is 7.16. The molecule has 1 aromatic heterocycles. The van der Waals surface area contributed by atoms with Crippen LogP contribution in [0.15, 0.2) is 63.6 Å². The Morgan fingerprint density at radius 1 is 1.11 bits per heavy atom. The van der Waals surface area contributed by atoms with E-state index >= 15 is 0 Å². The van der Waals surface area contributed by atoms with Gasteiger partial charge in [0.05, 0.1) is 25.9 Å². The normalized spacial score (nSPS) is 21.8. The summed E-state index contributed by atoms with van der Waals surface area (Å²) >= 11 is 1.48. The quantitative estimate of drug-likeness (QED) is 0.448. The zero-order valence-corrected chi connectivity index (χ0v) is 21.1. The lowest BCUT2D eigenvalue weighted by atomic mass is 9.67. The van der Waals surface area contributed by atoms with Gasteiger partial charge in [0.15, 0.2) is 5.78 Å². The van der Waals surface area contributed by atoms with E-state index in [1.165, 1.54) is 11.3 Å². The molecule has 1 aliphatic carbocycles. The molecule has 2 aliphatic rings. The van der Waals surface area contributed by atoms with Gasteiger partial charge in [-0.15, -0.1) is 0 Å². The number of thiophene rings is 1. The Balaban J connectivity index is 1.87. The van der Waals surface area contributed by atoms with Crippen LogP contribution in [0.2, 0.25) is 0 Å². The molecule has 0 amide bonds. The third kappa shape index (κ3) is 4.62. The molecule has 0 spiro atoms. The lowest BCUT2D eigenvalue weighted by Crippen LogP contribution is -2.43. The number of hydrogen-bond donors (Lipinski definition) is 1. The van der Waals surface area contributed by atoms with E-state index in [1.807, 2.05) is 48.0 Å². The number of hydrogen-bond acceptors (Lipinski definition) is 8. The van der Waals surface area contributed by atoms with Gasteiger partial charge in [-0.3, -0.25) is 9.59 Å². The minimum absolute atomic E-state index is 0.165. The molecule has 0 fully saturated rings. The zero-order chi connectivity index (χ0) is 25.1. The molecule has 1 aromatic carbocycles. The van der Waals surface area contributed by atoms with Gasteiger partial charge in [-0.1, -0.05) is 12.1 Å². The Bertz CT molecular complexity index is 1200. The second-order valence-electron chi connectivity index (χ2n) is 8.45. The monoisotopic (exact) mass is 495 g/mol. The first-order chi connectivity index (χ1) is 16.9. The van der Waals surface area contributed by atoms with Gasteiger partial charge in [-0.2, -0.15) is 11.3 Å². The summed E-state index contributed by atoms with van der Waals surface area (Å²) in [5.41, 5.74) is 3.81. The zero-order valence-electron chi connectivity index (χ0n) is 20.3. The molecule has 1 N–H and O–H groups in total. The lowest BCUT2D eigenvalue weighted by molar-refractivity contribution is -0.152. The Morgan fingerprint density at radius 2 is 1.89 bits per heavy atom. The molecular weight excluding hydrogens is 466 g/mol. The molecule has 0 radical (unpaired) electrons. The summed E-state index contributed by atoms with van der Waals surface area (Å²) in [5, 5.41) is 7.14. The number of benzene rings is 1. The summed E-state index contributed by atoms with van der Waals surface area (Å²) in [4.78, 5) is 40.3. The van der Waals surface area contributed by atoms with Crippen LogP contribution in [-0.4, -0.2) is 38.0 Å². The predicted molar refractivity (Wildman–Crippen MR) is 132 cm³/mol. The number of Topliss-reactive ketones (excluding diaryl/α,β-unsaturated/α-hetero) is 1. The molecular formula is C27H29NO6S. The number of ether oxygens (including phenoxy) is 3. The molecule has 0 saturated heterocycles. The smallest absolute Gasteiger partial charge is 0.336 e. The Hall–Kier alpha value is -3.39. The summed E-state index contributed by atoms with van der Waals surface area (Å²) in [7, 11) is 1.58. The minimum atomic E-state index is -1.04. The van der Waals surface area contributed by atoms with E-state index in [0.29, 0.717) is 34.7 Å². The number of rotatable bonds is 7. The molecule has 1 aliphatic heterocycles. The van der Waals surface area contributed by atoms with Crippen LogP contribution in [0.25, 0.3) is 0 Å². The average Bonchev–Trinajstić information content (AvgIpc) is 3.38. The van der Waals surface area contributed by atoms with E-state index in [2.05, 4.69) is 5.32 Å². The van der Waals surface area contributed by atoms with Gasteiger partial charge < -0.3 is 19.5 Å². The van der Waals surface area contributed by atoms with Gasteiger partial charge in [-0.05, 0) is 67.3 Å². The minimum Gasteiger partial charge on any atom is -0.497 e. The first-order valence-corrected chi connectivity index (χ1v) is 12.6. The number of carbonyl (C=O) groups excluding carboxylic acids is 3. The molecule has 4 rings (SSSR count). The van der Waals surface area contributed by atoms with Gasteiger partial charge in [0.1, 0.15) is 11.7 Å². The van der Waals surface area contributed by atoms with Crippen LogP contribution in [0.1, 0.15) is 50.2 Å². The van der Waals surface area contributed by atoms with Gasteiger partial charge in [0.2, 0.25) is 0 Å². The average molecular weight is 496 g/mol. The Kier molecular flexibility index (Phi) is 7.40. The molecule has 184 valence electrons. The summed E-state index contributed by atoms with van der Waals surface area (Å²) in [6, 6.07) is 9.31. The molecule has 2 aromatic rings. The maximum Gasteiger partial charge on any atom is 0.336 e. The van der Waals surface area contributed by atoms with E-state index in [1.54, 1.807) is 21.0 Å². The fraction of sp³-hybridized carbons (Fsp3) is 0.370. The largest absolute Gasteiger partial charge is 0.497 e. The van der Waals surface area contributed by atoms with Crippen molar-refractivity contribution in [3.8, 4) is 5.75 Å². The van der Waals surface area contributed by atoms with Crippen molar-refractivity contribution < 1.29 is 28.6 Å². The fourth-order valence-electron chi connectivity index (χ4n) is 4.97. The van der Waals surface area contributed by atoms with Crippen molar-refractivity contribution in [1.82, 2.24) is 5.32 Å². The van der Waals surface area contributed by atoms with Crippen LogP contribution in [0, 0.1) is 5.92 Å². The van der Waals surface area contributed by atoms with E-state index in [9.17, 15) is 14.4 Å². The molecule has 2 heterocycles. The molecule has 8 heteroatoms. The lowest BCUT2D eigenvalue weighted by Gasteiger charge is -2.39. The number of dihydropyridines is 1. The number of carbonyl (C=O) groups is 3. The van der Waals surface area contributed by atoms with Crippen molar-refractivity contribution in [2.24, 2.45) is 5.92 Å². The highest BCUT2D eigenvalue weighted by atomic mass is 32.1. The highest BCUT2D eigenvalue weighted by Gasteiger charge is 2.49. The first kappa shape index (κ1) is 24.7. The van der Waals surface area contributed by atoms with E-state index in [4.69, 9.17) is 14.2 Å². The number of allylic oxidation sites excluding steroid dienone is 3. The maximum atomic E-state index is 14.2. The SMILES string of the molecule is CCOC(=O)C1=C(C)NC2=C(C(=O)[C@H](C(=O)OCC)[C@H](c3cccc(OC)c3)C2)[C@@H]1c1ccsc1. The van der Waals surface area contributed by atoms with Crippen LogP contribution >= 0.6 is 11.3 Å². The molecule has 0 bridgehead atoms. The highest BCUT2D eigenvalue weighted by molar-refractivity contribution is 7.08. The summed E-state index contributed by atoms with van der Waals surface area (Å²) in [6.45, 7) is 5.67. The van der Waals surface area contributed by atoms with Crippen LogP contribution in [0.4, 0.5) is 0 Å². The Labute approximate surface area is 208 Å².